The number of benzene rings is 2. The molecule has 1 aromatic heterocycles. The summed E-state index contributed by atoms with van der Waals surface area (Å²) in [5.74, 6) is 2.59. The Kier molecular flexibility index (Phi) is 11.5. The molecule has 2 aromatic carbocycles. The van der Waals surface area contributed by atoms with Crippen molar-refractivity contribution in [1.82, 2.24) is 4.98 Å². The fourth-order valence-corrected chi connectivity index (χ4v) is 8.41. The number of nitrogens with zero attached hydrogens (tertiary/aromatic N) is 1. The van der Waals surface area contributed by atoms with Crippen molar-refractivity contribution in [3.63, 3.8) is 0 Å². The monoisotopic (exact) mass is 757 g/mol. The van der Waals surface area contributed by atoms with Crippen molar-refractivity contribution in [3.05, 3.63) is 76.6 Å². The molecular weight excluding hydrogens is 707 g/mol. The predicted molar refractivity (Wildman–Crippen MR) is 175 cm³/mol. The number of allylic oxidation sites excluding steroid dienone is 2. The number of carbonyl (C=O) groups excluding carboxylic acids is 1. The maximum atomic E-state index is 10.0. The van der Waals surface area contributed by atoms with Crippen LogP contribution in [-0.2, 0) is 30.3 Å². The number of fused-ring (bicyclic) bond motifs is 4. The van der Waals surface area contributed by atoms with Crippen LogP contribution in [0.2, 0.25) is 0 Å². The molecule has 43 heavy (non-hydrogen) atoms. The molecule has 1 radical (unpaired) electrons. The first-order chi connectivity index (χ1) is 20.2. The van der Waals surface area contributed by atoms with Crippen LogP contribution in [0.4, 0.5) is 0 Å². The van der Waals surface area contributed by atoms with E-state index in [-0.39, 0.29) is 31.6 Å². The van der Waals surface area contributed by atoms with Gasteiger partial charge in [0.05, 0.1) is 11.3 Å². The Morgan fingerprint density at radius 2 is 1.65 bits per heavy atom. The van der Waals surface area contributed by atoms with Crippen LogP contribution in [-0.4, -0.2) is 15.9 Å². The van der Waals surface area contributed by atoms with Crippen molar-refractivity contribution in [2.75, 3.05) is 0 Å². The van der Waals surface area contributed by atoms with Crippen LogP contribution in [0.1, 0.15) is 126 Å². The Morgan fingerprint density at radius 1 is 0.977 bits per heavy atom. The van der Waals surface area contributed by atoms with Crippen LogP contribution < -0.4 is 0 Å². The van der Waals surface area contributed by atoms with E-state index >= 15 is 0 Å². The largest absolute Gasteiger partial charge is 0.512 e. The number of rotatable bonds is 6. The molecule has 0 atom stereocenters. The van der Waals surface area contributed by atoms with E-state index in [1.54, 1.807) is 11.1 Å². The zero-order valence-corrected chi connectivity index (χ0v) is 29.3. The normalized spacial score (nSPS) is 25.0. The standard InChI is InChI=1S/C34H42N.C5H8O2.Ir/c1-4-5-25-6-8-27(9-7-25)33-29-10-12-31(28-21-23(2)20-24(3)22-28)35-32(29)13-11-30(33)34-17-14-26(15-18-34)16-19-34;1-4(6)3-5(2)7;/h10-13,20-21,25-27H,4-9,14-19H2,1-3H3;3,6H,1-2H3;/q-1;;/b;4-3-;. The van der Waals surface area contributed by atoms with Gasteiger partial charge in [-0.25, -0.2) is 0 Å². The van der Waals surface area contributed by atoms with Gasteiger partial charge in [0.2, 0.25) is 0 Å². The number of aliphatic hydroxyl groups is 1. The fraction of sp³-hybridized carbons (Fsp3) is 0.538. The van der Waals surface area contributed by atoms with Gasteiger partial charge in [-0.1, -0.05) is 51.8 Å². The summed E-state index contributed by atoms with van der Waals surface area (Å²) in [5.41, 5.74) is 9.68. The molecular formula is C39H50IrNO2-. The number of ketones is 1. The number of aryl methyl sites for hydroxylation is 2. The molecule has 0 unspecified atom stereocenters. The second-order valence-corrected chi connectivity index (χ2v) is 13.7. The van der Waals surface area contributed by atoms with Gasteiger partial charge in [-0.15, -0.1) is 34.9 Å². The summed E-state index contributed by atoms with van der Waals surface area (Å²) >= 11 is 0. The third-order valence-electron chi connectivity index (χ3n) is 10.4. The molecule has 4 aliphatic rings. The number of hydrogen-bond acceptors (Lipinski definition) is 3. The SMILES string of the molecule is CC(=O)/C=C(/C)O.CCCC1CCC(c2c(C34CCC(CC3)CC4)ccc3nc(-c4[c-]c(C)cc(C)c4)ccc23)CC1.[Ir]. The molecule has 1 N–H and O–H groups in total. The van der Waals surface area contributed by atoms with Crippen molar-refractivity contribution in [1.29, 1.82) is 0 Å². The summed E-state index contributed by atoms with van der Waals surface area (Å²) in [7, 11) is 0. The molecule has 3 aromatic rings. The summed E-state index contributed by atoms with van der Waals surface area (Å²) in [6.07, 6.45) is 18.0. The number of pyridine rings is 1. The zero-order chi connectivity index (χ0) is 29.9. The average molecular weight is 757 g/mol. The molecule has 1 heterocycles. The fourth-order valence-electron chi connectivity index (χ4n) is 8.41. The van der Waals surface area contributed by atoms with Crippen LogP contribution in [0.5, 0.6) is 0 Å². The van der Waals surface area contributed by atoms with Crippen molar-refractivity contribution in [2.45, 2.75) is 123 Å². The van der Waals surface area contributed by atoms with E-state index in [4.69, 9.17) is 10.1 Å². The van der Waals surface area contributed by atoms with E-state index < -0.39 is 0 Å². The number of aliphatic hydroxyl groups excluding tert-OH is 1. The van der Waals surface area contributed by atoms with Gasteiger partial charge in [0.25, 0.3) is 0 Å². The number of hydrogen-bond donors (Lipinski definition) is 1. The van der Waals surface area contributed by atoms with E-state index in [0.717, 1.165) is 23.1 Å². The van der Waals surface area contributed by atoms with E-state index in [9.17, 15) is 4.79 Å². The van der Waals surface area contributed by atoms with Gasteiger partial charge in [0.1, 0.15) is 0 Å². The minimum Gasteiger partial charge on any atom is -0.512 e. The van der Waals surface area contributed by atoms with E-state index in [1.165, 1.54) is 119 Å². The summed E-state index contributed by atoms with van der Waals surface area (Å²) in [6, 6.07) is 17.6. The van der Waals surface area contributed by atoms with E-state index in [1.807, 2.05) is 0 Å². The first kappa shape index (κ1) is 33.6. The van der Waals surface area contributed by atoms with Crippen molar-refractivity contribution >= 4 is 16.7 Å². The van der Waals surface area contributed by atoms with Gasteiger partial charge in [-0.3, -0.25) is 9.78 Å². The Balaban J connectivity index is 0.000000475. The summed E-state index contributed by atoms with van der Waals surface area (Å²) < 4.78 is 0. The first-order valence-electron chi connectivity index (χ1n) is 16.5. The first-order valence-corrected chi connectivity index (χ1v) is 16.5. The number of carbonyl (C=O) groups is 1. The molecule has 7 rings (SSSR count). The Morgan fingerprint density at radius 3 is 2.21 bits per heavy atom. The van der Waals surface area contributed by atoms with E-state index in [2.05, 4.69) is 63.2 Å². The quantitative estimate of drug-likeness (QED) is 0.155. The molecule has 0 amide bonds. The van der Waals surface area contributed by atoms with Crippen LogP contribution in [0.3, 0.4) is 0 Å². The van der Waals surface area contributed by atoms with Gasteiger partial charge < -0.3 is 5.11 Å². The van der Waals surface area contributed by atoms with Crippen LogP contribution in [0, 0.1) is 31.7 Å². The third kappa shape index (κ3) is 7.87. The molecule has 4 saturated carbocycles. The molecule has 4 aliphatic carbocycles. The predicted octanol–water partition coefficient (Wildman–Crippen LogP) is 10.6. The van der Waals surface area contributed by atoms with Gasteiger partial charge in [0, 0.05) is 31.6 Å². The smallest absolute Gasteiger partial charge is 0.155 e. The van der Waals surface area contributed by atoms with Crippen molar-refractivity contribution in [3.8, 4) is 11.3 Å². The maximum Gasteiger partial charge on any atom is 0.155 e. The average Bonchev–Trinajstić information content (AvgIpc) is 2.97. The molecule has 4 fully saturated rings. The van der Waals surface area contributed by atoms with Gasteiger partial charge >= 0.3 is 0 Å². The van der Waals surface area contributed by atoms with Crippen molar-refractivity contribution < 1.29 is 30.0 Å². The summed E-state index contributed by atoms with van der Waals surface area (Å²) in [5, 5.41) is 9.80. The Bertz CT molecular complexity index is 1400. The Hall–Kier alpha value is -2.29. The Labute approximate surface area is 273 Å². The maximum absolute atomic E-state index is 10.0. The molecule has 0 aliphatic heterocycles. The summed E-state index contributed by atoms with van der Waals surface area (Å²) in [6.45, 7) is 9.50. The zero-order valence-electron chi connectivity index (χ0n) is 26.9. The van der Waals surface area contributed by atoms with E-state index in [0.29, 0.717) is 11.3 Å². The van der Waals surface area contributed by atoms with Crippen LogP contribution in [0.15, 0.2) is 48.2 Å². The third-order valence-corrected chi connectivity index (χ3v) is 10.4. The van der Waals surface area contributed by atoms with Gasteiger partial charge in [0.15, 0.2) is 5.78 Å². The molecule has 3 nitrogen and oxygen atoms in total. The number of aromatic nitrogens is 1. The van der Waals surface area contributed by atoms with Crippen LogP contribution >= 0.6 is 0 Å². The van der Waals surface area contributed by atoms with Gasteiger partial charge in [-0.2, -0.15) is 0 Å². The minimum atomic E-state index is -0.125. The molecule has 233 valence electrons. The molecule has 4 heteroatoms. The molecule has 0 spiro atoms. The summed E-state index contributed by atoms with van der Waals surface area (Å²) in [4.78, 5) is 15.3. The van der Waals surface area contributed by atoms with Crippen molar-refractivity contribution in [2.24, 2.45) is 11.8 Å². The van der Waals surface area contributed by atoms with Gasteiger partial charge in [-0.05, 0) is 124 Å². The van der Waals surface area contributed by atoms with Crippen LogP contribution in [0.25, 0.3) is 22.2 Å². The second-order valence-electron chi connectivity index (χ2n) is 13.7. The topological polar surface area (TPSA) is 50.2 Å². The molecule has 0 saturated heterocycles. The minimum absolute atomic E-state index is 0. The second kappa shape index (κ2) is 14.7. The molecule has 2 bridgehead atoms.